The van der Waals surface area contributed by atoms with Crippen LogP contribution in [0.25, 0.3) is 0 Å². The van der Waals surface area contributed by atoms with Crippen molar-refractivity contribution in [1.29, 1.82) is 0 Å². The SMILES string of the molecule is C=C(C)C1=CC=C([C@@H]2CC[C@H](C)N2C(=O)CN2C(=O)C[C@@]3(CCc4cc(NC(=O)NC)ccc43)C2=O)C=C(CC)C1. The fraction of sp³-hybridized carbons (Fsp3) is 0.455. The number of rotatable bonds is 6. The van der Waals surface area contributed by atoms with Gasteiger partial charge in [-0.2, -0.15) is 0 Å². The van der Waals surface area contributed by atoms with Crippen LogP contribution in [-0.2, 0) is 26.2 Å². The summed E-state index contributed by atoms with van der Waals surface area (Å²) in [5.74, 6) is -0.785. The second kappa shape index (κ2) is 11.1. The minimum atomic E-state index is -0.944. The average molecular weight is 557 g/mol. The molecule has 0 saturated carbocycles. The van der Waals surface area contributed by atoms with Crippen molar-refractivity contribution in [1.82, 2.24) is 15.1 Å². The first-order valence-electron chi connectivity index (χ1n) is 14.6. The zero-order chi connectivity index (χ0) is 29.5. The van der Waals surface area contributed by atoms with Crippen LogP contribution in [-0.4, -0.2) is 59.2 Å². The van der Waals surface area contributed by atoms with Crippen molar-refractivity contribution in [2.45, 2.75) is 83.2 Å². The van der Waals surface area contributed by atoms with Gasteiger partial charge in [-0.3, -0.25) is 19.3 Å². The second-order valence-electron chi connectivity index (χ2n) is 11.8. The van der Waals surface area contributed by atoms with Gasteiger partial charge in [0.1, 0.15) is 6.54 Å². The van der Waals surface area contributed by atoms with E-state index in [0.29, 0.717) is 18.5 Å². The molecule has 3 atom stereocenters. The number of aryl methyl sites for hydroxylation is 1. The number of hydrogen-bond acceptors (Lipinski definition) is 4. The minimum absolute atomic E-state index is 0.0138. The van der Waals surface area contributed by atoms with Crippen LogP contribution in [0, 0.1) is 0 Å². The van der Waals surface area contributed by atoms with E-state index in [4.69, 9.17) is 0 Å². The summed E-state index contributed by atoms with van der Waals surface area (Å²) >= 11 is 0. The highest BCUT2D eigenvalue weighted by molar-refractivity contribution is 6.11. The summed E-state index contributed by atoms with van der Waals surface area (Å²) in [5, 5.41) is 5.29. The summed E-state index contributed by atoms with van der Waals surface area (Å²) in [7, 11) is 1.55. The monoisotopic (exact) mass is 556 g/mol. The number of nitrogens with one attached hydrogen (secondary N) is 2. The Hall–Kier alpha value is -3.94. The number of benzene rings is 1. The van der Waals surface area contributed by atoms with Crippen LogP contribution < -0.4 is 10.6 Å². The molecule has 2 heterocycles. The molecule has 1 aromatic rings. The second-order valence-corrected chi connectivity index (χ2v) is 11.8. The molecule has 216 valence electrons. The lowest BCUT2D eigenvalue weighted by atomic mass is 9.80. The van der Waals surface area contributed by atoms with E-state index in [1.807, 2.05) is 30.9 Å². The molecule has 0 unspecified atom stereocenters. The number of hydrogen-bond donors (Lipinski definition) is 2. The molecule has 2 saturated heterocycles. The van der Waals surface area contributed by atoms with E-state index in [0.717, 1.165) is 48.0 Å². The number of likely N-dealkylation sites (tertiary alicyclic amines) is 2. The van der Waals surface area contributed by atoms with Gasteiger partial charge < -0.3 is 15.5 Å². The summed E-state index contributed by atoms with van der Waals surface area (Å²) in [6, 6.07) is 5.06. The van der Waals surface area contributed by atoms with Gasteiger partial charge >= 0.3 is 6.03 Å². The fourth-order valence-electron chi connectivity index (χ4n) is 6.90. The number of urea groups is 1. The van der Waals surface area contributed by atoms with Gasteiger partial charge in [0.2, 0.25) is 17.7 Å². The summed E-state index contributed by atoms with van der Waals surface area (Å²) in [6.45, 7) is 10.1. The highest BCUT2D eigenvalue weighted by Crippen LogP contribution is 2.47. The molecule has 0 radical (unpaired) electrons. The molecule has 2 aliphatic carbocycles. The van der Waals surface area contributed by atoms with Crippen LogP contribution in [0.5, 0.6) is 0 Å². The lowest BCUT2D eigenvalue weighted by Crippen LogP contribution is -2.48. The molecule has 5 amide bonds. The summed E-state index contributed by atoms with van der Waals surface area (Å²) in [6.07, 6.45) is 11.1. The van der Waals surface area contributed by atoms with E-state index in [9.17, 15) is 19.2 Å². The van der Waals surface area contributed by atoms with E-state index >= 15 is 0 Å². The van der Waals surface area contributed by atoms with E-state index in [2.05, 4.69) is 42.4 Å². The predicted octanol–water partition coefficient (Wildman–Crippen LogP) is 4.93. The molecule has 1 spiro atoms. The summed E-state index contributed by atoms with van der Waals surface area (Å²) in [5.41, 5.74) is 6.10. The van der Waals surface area contributed by atoms with Crippen LogP contribution in [0.1, 0.15) is 70.4 Å². The molecular formula is C33H40N4O4. The van der Waals surface area contributed by atoms with Crippen LogP contribution in [0.4, 0.5) is 10.5 Å². The molecule has 41 heavy (non-hydrogen) atoms. The van der Waals surface area contributed by atoms with Gasteiger partial charge in [0, 0.05) is 25.2 Å². The van der Waals surface area contributed by atoms with Gasteiger partial charge in [0.15, 0.2) is 0 Å². The lowest BCUT2D eigenvalue weighted by Gasteiger charge is -2.31. The Balaban J connectivity index is 1.36. The third-order valence-corrected chi connectivity index (χ3v) is 9.24. The Kier molecular flexibility index (Phi) is 7.77. The highest BCUT2D eigenvalue weighted by Gasteiger charge is 2.56. The molecule has 0 aromatic heterocycles. The first kappa shape index (κ1) is 28.6. The van der Waals surface area contributed by atoms with Crippen molar-refractivity contribution in [3.63, 3.8) is 0 Å². The van der Waals surface area contributed by atoms with Crippen molar-refractivity contribution in [3.8, 4) is 0 Å². The van der Waals surface area contributed by atoms with Crippen molar-refractivity contribution in [2.75, 3.05) is 18.9 Å². The van der Waals surface area contributed by atoms with Crippen molar-refractivity contribution in [2.24, 2.45) is 0 Å². The molecule has 4 aliphatic rings. The average Bonchev–Trinajstić information content (AvgIpc) is 3.51. The number of anilines is 1. The maximum absolute atomic E-state index is 13.9. The Morgan fingerprint density at radius 3 is 2.66 bits per heavy atom. The molecule has 0 bridgehead atoms. The predicted molar refractivity (Wildman–Crippen MR) is 159 cm³/mol. The van der Waals surface area contributed by atoms with Crippen LogP contribution in [0.2, 0.25) is 0 Å². The number of imide groups is 1. The van der Waals surface area contributed by atoms with E-state index in [1.165, 1.54) is 16.0 Å². The van der Waals surface area contributed by atoms with Gasteiger partial charge in [0.05, 0.1) is 11.5 Å². The van der Waals surface area contributed by atoms with Crippen LogP contribution in [0.3, 0.4) is 0 Å². The molecule has 5 rings (SSSR count). The van der Waals surface area contributed by atoms with Gasteiger partial charge in [0.25, 0.3) is 0 Å². The van der Waals surface area contributed by atoms with Gasteiger partial charge in [-0.25, -0.2) is 4.79 Å². The topological polar surface area (TPSA) is 98.8 Å². The maximum Gasteiger partial charge on any atom is 0.318 e. The van der Waals surface area contributed by atoms with Crippen molar-refractivity contribution >= 4 is 29.4 Å². The number of allylic oxidation sites excluding steroid dienone is 5. The normalized spacial score (nSPS) is 25.5. The number of amides is 5. The molecule has 2 aliphatic heterocycles. The smallest absolute Gasteiger partial charge is 0.318 e. The van der Waals surface area contributed by atoms with Crippen LogP contribution in [0.15, 0.2) is 65.3 Å². The first-order valence-corrected chi connectivity index (χ1v) is 14.6. The molecule has 1 aromatic carbocycles. The maximum atomic E-state index is 13.9. The number of carbonyl (C=O) groups excluding carboxylic acids is 4. The molecule has 8 nitrogen and oxygen atoms in total. The largest absolute Gasteiger partial charge is 0.341 e. The lowest BCUT2D eigenvalue weighted by molar-refractivity contribution is -0.147. The summed E-state index contributed by atoms with van der Waals surface area (Å²) < 4.78 is 0. The van der Waals surface area contributed by atoms with E-state index < -0.39 is 5.41 Å². The van der Waals surface area contributed by atoms with E-state index in [1.54, 1.807) is 13.1 Å². The molecule has 2 N–H and O–H groups in total. The Labute approximate surface area is 242 Å². The quantitative estimate of drug-likeness (QED) is 0.486. The van der Waals surface area contributed by atoms with Crippen molar-refractivity contribution in [3.05, 3.63) is 76.4 Å². The Bertz CT molecular complexity index is 1420. The molecular weight excluding hydrogens is 516 g/mol. The van der Waals surface area contributed by atoms with Crippen LogP contribution >= 0.6 is 0 Å². The standard InChI is InChI=1S/C33H40N4O4/c1-6-22-15-23(20(2)3)8-9-25(16-22)28-12-7-21(4)37(28)30(39)19-36-29(38)18-33(31(36)40)14-13-24-17-26(10-11-27(24)33)35-32(41)34-5/h8-11,16-17,21,28H,2,6-7,12-15,18-19H2,1,3-5H3,(H2,34,35,41)/t21-,28-,33+/m0/s1. The molecule has 2 fully saturated rings. The minimum Gasteiger partial charge on any atom is -0.341 e. The van der Waals surface area contributed by atoms with Gasteiger partial charge in [-0.1, -0.05) is 48.9 Å². The zero-order valence-corrected chi connectivity index (χ0v) is 24.5. The number of fused-ring (bicyclic) bond motifs is 2. The number of carbonyl (C=O) groups is 4. The van der Waals surface area contributed by atoms with Gasteiger partial charge in [-0.05, 0) is 86.8 Å². The Morgan fingerprint density at radius 1 is 1.17 bits per heavy atom. The van der Waals surface area contributed by atoms with Gasteiger partial charge in [-0.15, -0.1) is 0 Å². The highest BCUT2D eigenvalue weighted by atomic mass is 16.2. The van der Waals surface area contributed by atoms with Crippen molar-refractivity contribution < 1.29 is 19.2 Å². The molecule has 8 heteroatoms. The summed E-state index contributed by atoms with van der Waals surface area (Å²) in [4.78, 5) is 55.8. The fourth-order valence-corrected chi connectivity index (χ4v) is 6.90. The number of nitrogens with zero attached hydrogens (tertiary/aromatic N) is 2. The zero-order valence-electron chi connectivity index (χ0n) is 24.5. The van der Waals surface area contributed by atoms with E-state index in [-0.39, 0.29) is 48.8 Å². The third-order valence-electron chi connectivity index (χ3n) is 9.24. The third kappa shape index (κ3) is 5.16. The first-order chi connectivity index (χ1) is 19.6. The Morgan fingerprint density at radius 2 is 1.95 bits per heavy atom.